The van der Waals surface area contributed by atoms with E-state index in [1.54, 1.807) is 6.92 Å². The molecular weight excluding hydrogens is 246 g/mol. The highest BCUT2D eigenvalue weighted by atomic mass is 16.3. The van der Waals surface area contributed by atoms with Crippen LogP contribution >= 0.6 is 0 Å². The van der Waals surface area contributed by atoms with Crippen molar-refractivity contribution in [2.24, 2.45) is 0 Å². The van der Waals surface area contributed by atoms with Crippen molar-refractivity contribution in [1.29, 1.82) is 0 Å². The van der Waals surface area contributed by atoms with E-state index >= 15 is 0 Å². The zero-order valence-electron chi connectivity index (χ0n) is 11.3. The highest BCUT2D eigenvalue weighted by molar-refractivity contribution is 4.96. The lowest BCUT2D eigenvalue weighted by molar-refractivity contribution is 0.0865. The molecule has 2 rings (SSSR count). The molecule has 2 N–H and O–H groups in total. The number of aliphatic hydroxyl groups excluding tert-OH is 1. The normalized spacial score (nSPS) is 20.6. The fourth-order valence-electron chi connectivity index (χ4n) is 2.64. The van der Waals surface area contributed by atoms with Gasteiger partial charge in [-0.2, -0.15) is 0 Å². The first kappa shape index (κ1) is 14.0. The number of nitrogens with zero attached hydrogens (tertiary/aromatic N) is 2. The second kappa shape index (κ2) is 6.16. The summed E-state index contributed by atoms with van der Waals surface area (Å²) in [7, 11) is 0. The molecule has 1 aliphatic rings. The van der Waals surface area contributed by atoms with Crippen LogP contribution in [0.15, 0.2) is 15.7 Å². The maximum Gasteiger partial charge on any atom is 0.328 e. The average Bonchev–Trinajstić information content (AvgIpc) is 2.38. The number of hydrogen-bond acceptors (Lipinski definition) is 4. The van der Waals surface area contributed by atoms with E-state index in [-0.39, 0.29) is 23.9 Å². The molecule has 106 valence electrons. The zero-order chi connectivity index (χ0) is 13.8. The average molecular weight is 267 g/mol. The van der Waals surface area contributed by atoms with Crippen LogP contribution in [-0.4, -0.2) is 45.3 Å². The number of aromatic amines is 1. The molecule has 19 heavy (non-hydrogen) atoms. The van der Waals surface area contributed by atoms with Crippen LogP contribution in [0, 0.1) is 6.92 Å². The number of nitrogens with one attached hydrogen (secondary N) is 1. The van der Waals surface area contributed by atoms with E-state index in [2.05, 4.69) is 9.88 Å². The summed E-state index contributed by atoms with van der Waals surface area (Å²) in [5, 5.41) is 9.33. The van der Waals surface area contributed by atoms with E-state index in [0.29, 0.717) is 18.8 Å². The Morgan fingerprint density at radius 1 is 1.37 bits per heavy atom. The summed E-state index contributed by atoms with van der Waals surface area (Å²) < 4.78 is 1.22. The maximum absolute atomic E-state index is 11.8. The van der Waals surface area contributed by atoms with Gasteiger partial charge >= 0.3 is 5.69 Å². The van der Waals surface area contributed by atoms with Gasteiger partial charge in [0.2, 0.25) is 0 Å². The lowest BCUT2D eigenvalue weighted by Crippen LogP contribution is -2.45. The van der Waals surface area contributed by atoms with E-state index in [0.717, 1.165) is 25.8 Å². The Kier molecular flexibility index (Phi) is 4.55. The standard InChI is InChI=1S/C13H21N3O3/c1-10-8-12(18)16(13(19)14-10)7-6-15-5-3-2-4-11(15)9-17/h8,11,17H,2-7,9H2,1H3,(H,14,19). The molecule has 0 radical (unpaired) electrons. The van der Waals surface area contributed by atoms with Gasteiger partial charge < -0.3 is 10.1 Å². The van der Waals surface area contributed by atoms with Crippen molar-refractivity contribution in [2.75, 3.05) is 19.7 Å². The van der Waals surface area contributed by atoms with Gasteiger partial charge in [-0.25, -0.2) is 4.79 Å². The van der Waals surface area contributed by atoms with Gasteiger partial charge in [-0.1, -0.05) is 6.42 Å². The summed E-state index contributed by atoms with van der Waals surface area (Å²) in [6.45, 7) is 3.74. The molecule has 1 atom stereocenters. The number of likely N-dealkylation sites (tertiary alicyclic amines) is 1. The van der Waals surface area contributed by atoms with Crippen molar-refractivity contribution >= 4 is 0 Å². The van der Waals surface area contributed by atoms with Gasteiger partial charge in [-0.3, -0.25) is 14.3 Å². The number of hydrogen-bond donors (Lipinski definition) is 2. The quantitative estimate of drug-likeness (QED) is 0.784. The number of aliphatic hydroxyl groups is 1. The van der Waals surface area contributed by atoms with Gasteiger partial charge in [0.25, 0.3) is 5.56 Å². The number of H-pyrrole nitrogens is 1. The number of aromatic nitrogens is 2. The van der Waals surface area contributed by atoms with E-state index < -0.39 is 0 Å². The SMILES string of the molecule is Cc1cc(=O)n(CCN2CCCCC2CO)c(=O)[nH]1. The molecule has 0 bridgehead atoms. The molecule has 0 saturated carbocycles. The van der Waals surface area contributed by atoms with Gasteiger partial charge in [-0.15, -0.1) is 0 Å². The van der Waals surface area contributed by atoms with Crippen molar-refractivity contribution < 1.29 is 5.11 Å². The smallest absolute Gasteiger partial charge is 0.328 e. The summed E-state index contributed by atoms with van der Waals surface area (Å²) in [5.41, 5.74) is -0.0428. The Morgan fingerprint density at radius 3 is 2.84 bits per heavy atom. The Hall–Kier alpha value is -1.40. The minimum atomic E-state index is -0.359. The Labute approximate surface area is 111 Å². The topological polar surface area (TPSA) is 78.3 Å². The van der Waals surface area contributed by atoms with Crippen LogP contribution < -0.4 is 11.2 Å². The van der Waals surface area contributed by atoms with Gasteiger partial charge in [0, 0.05) is 30.9 Å². The van der Waals surface area contributed by atoms with E-state index in [9.17, 15) is 14.7 Å². The molecule has 0 amide bonds. The third-order valence-corrected chi connectivity index (χ3v) is 3.73. The van der Waals surface area contributed by atoms with Crippen LogP contribution in [0.2, 0.25) is 0 Å². The minimum Gasteiger partial charge on any atom is -0.395 e. The monoisotopic (exact) mass is 267 g/mol. The molecule has 1 fully saturated rings. The molecule has 0 aromatic carbocycles. The fraction of sp³-hybridized carbons (Fsp3) is 0.692. The van der Waals surface area contributed by atoms with Crippen LogP contribution in [0.3, 0.4) is 0 Å². The van der Waals surface area contributed by atoms with Gasteiger partial charge in [0.05, 0.1) is 6.61 Å². The summed E-state index contributed by atoms with van der Waals surface area (Å²) in [6.07, 6.45) is 3.22. The third kappa shape index (κ3) is 3.33. The Balaban J connectivity index is 2.06. The molecule has 2 heterocycles. The molecule has 1 unspecified atom stereocenters. The van der Waals surface area contributed by atoms with Crippen LogP contribution in [0.4, 0.5) is 0 Å². The maximum atomic E-state index is 11.8. The van der Waals surface area contributed by atoms with Crippen LogP contribution in [-0.2, 0) is 6.54 Å². The number of aryl methyl sites for hydroxylation is 1. The second-order valence-electron chi connectivity index (χ2n) is 5.12. The molecule has 6 heteroatoms. The molecule has 1 saturated heterocycles. The first-order valence-electron chi connectivity index (χ1n) is 6.77. The molecule has 0 aliphatic carbocycles. The van der Waals surface area contributed by atoms with Crippen LogP contribution in [0.1, 0.15) is 25.0 Å². The Bertz CT molecular complexity index is 503. The summed E-state index contributed by atoms with van der Waals surface area (Å²) >= 11 is 0. The second-order valence-corrected chi connectivity index (χ2v) is 5.12. The fourth-order valence-corrected chi connectivity index (χ4v) is 2.64. The van der Waals surface area contributed by atoms with E-state index in [1.165, 1.54) is 10.6 Å². The predicted octanol–water partition coefficient (Wildman–Crippen LogP) is -0.308. The van der Waals surface area contributed by atoms with Crippen molar-refractivity contribution in [1.82, 2.24) is 14.5 Å². The number of rotatable bonds is 4. The molecule has 6 nitrogen and oxygen atoms in total. The first-order valence-corrected chi connectivity index (χ1v) is 6.77. The highest BCUT2D eigenvalue weighted by Crippen LogP contribution is 2.15. The van der Waals surface area contributed by atoms with Crippen molar-refractivity contribution in [2.45, 2.75) is 38.8 Å². The summed E-state index contributed by atoms with van der Waals surface area (Å²) in [4.78, 5) is 28.3. The minimum absolute atomic E-state index is 0.138. The first-order chi connectivity index (χ1) is 9.11. The zero-order valence-corrected chi connectivity index (χ0v) is 11.3. The molecule has 1 aliphatic heterocycles. The van der Waals surface area contributed by atoms with Gasteiger partial charge in [0.1, 0.15) is 0 Å². The lowest BCUT2D eigenvalue weighted by Gasteiger charge is -2.34. The van der Waals surface area contributed by atoms with Crippen LogP contribution in [0.25, 0.3) is 0 Å². The van der Waals surface area contributed by atoms with Crippen LogP contribution in [0.5, 0.6) is 0 Å². The molecule has 1 aromatic rings. The predicted molar refractivity (Wildman–Crippen MR) is 72.4 cm³/mol. The lowest BCUT2D eigenvalue weighted by atomic mass is 10.0. The number of piperidine rings is 1. The molecular formula is C13H21N3O3. The van der Waals surface area contributed by atoms with E-state index in [1.807, 2.05) is 0 Å². The molecule has 0 spiro atoms. The summed E-state index contributed by atoms with van der Waals surface area (Å²) in [5.74, 6) is 0. The third-order valence-electron chi connectivity index (χ3n) is 3.73. The summed E-state index contributed by atoms with van der Waals surface area (Å²) in [6, 6.07) is 1.59. The Morgan fingerprint density at radius 2 is 2.16 bits per heavy atom. The van der Waals surface area contributed by atoms with Gasteiger partial charge in [-0.05, 0) is 26.3 Å². The van der Waals surface area contributed by atoms with Gasteiger partial charge in [0.15, 0.2) is 0 Å². The highest BCUT2D eigenvalue weighted by Gasteiger charge is 2.21. The molecule has 1 aromatic heterocycles. The van der Waals surface area contributed by atoms with E-state index in [4.69, 9.17) is 0 Å². The van der Waals surface area contributed by atoms with Crippen molar-refractivity contribution in [3.8, 4) is 0 Å². The largest absolute Gasteiger partial charge is 0.395 e. The van der Waals surface area contributed by atoms with Crippen molar-refractivity contribution in [3.05, 3.63) is 32.6 Å². The van der Waals surface area contributed by atoms with Crippen molar-refractivity contribution in [3.63, 3.8) is 0 Å².